The maximum Gasteiger partial charge on any atom is 0.127 e. The van der Waals surface area contributed by atoms with Gasteiger partial charge in [0.15, 0.2) is 0 Å². The van der Waals surface area contributed by atoms with Crippen molar-refractivity contribution in [1.29, 1.82) is 0 Å². The lowest BCUT2D eigenvalue weighted by atomic mass is 10.1. The molecule has 0 saturated heterocycles. The summed E-state index contributed by atoms with van der Waals surface area (Å²) < 4.78 is 5.59. The van der Waals surface area contributed by atoms with Crippen molar-refractivity contribution in [3.05, 3.63) is 23.5 Å². The molecule has 14 heavy (non-hydrogen) atoms. The average Bonchev–Trinajstić information content (AvgIpc) is 2.60. The smallest absolute Gasteiger partial charge is 0.127 e. The van der Waals surface area contributed by atoms with Crippen LogP contribution in [0.1, 0.15) is 18.1 Å². The minimum atomic E-state index is 0.692. The fourth-order valence-corrected chi connectivity index (χ4v) is 1.76. The Kier molecular flexibility index (Phi) is 2.15. The number of hydrogen-bond donors (Lipinski definition) is 1. The second-order valence-electron chi connectivity index (χ2n) is 3.38. The van der Waals surface area contributed by atoms with Crippen LogP contribution >= 0.6 is 0 Å². The summed E-state index contributed by atoms with van der Waals surface area (Å²) >= 11 is 0. The Morgan fingerprint density at radius 1 is 1.43 bits per heavy atom. The molecule has 0 fully saturated rings. The Balaban J connectivity index is 2.69. The molecular weight excluding hydrogens is 176 g/mol. The predicted molar refractivity (Wildman–Crippen MR) is 56.7 cm³/mol. The lowest BCUT2D eigenvalue weighted by Crippen LogP contribution is -1.97. The van der Waals surface area contributed by atoms with Crippen molar-refractivity contribution in [2.75, 3.05) is 6.61 Å². The number of H-pyrrole nitrogens is 1. The number of ether oxygens (including phenoxy) is 1. The van der Waals surface area contributed by atoms with Crippen LogP contribution in [-0.4, -0.2) is 16.6 Å². The van der Waals surface area contributed by atoms with E-state index in [2.05, 4.69) is 23.0 Å². The van der Waals surface area contributed by atoms with Gasteiger partial charge in [-0.3, -0.25) is 0 Å². The SMILES string of the molecule is CCOc1c(C)cc2[nH]cnc2c1C. The summed E-state index contributed by atoms with van der Waals surface area (Å²) in [5, 5.41) is 0. The monoisotopic (exact) mass is 190 g/mol. The van der Waals surface area contributed by atoms with E-state index in [1.165, 1.54) is 0 Å². The third-order valence-electron chi connectivity index (χ3n) is 2.37. The van der Waals surface area contributed by atoms with Gasteiger partial charge >= 0.3 is 0 Å². The number of aryl methyl sites for hydroxylation is 2. The largest absolute Gasteiger partial charge is 0.493 e. The summed E-state index contributed by atoms with van der Waals surface area (Å²) in [5.74, 6) is 0.965. The zero-order chi connectivity index (χ0) is 10.1. The summed E-state index contributed by atoms with van der Waals surface area (Å²) in [5.41, 5.74) is 4.34. The number of fused-ring (bicyclic) bond motifs is 1. The van der Waals surface area contributed by atoms with Gasteiger partial charge in [-0.05, 0) is 32.4 Å². The minimum Gasteiger partial charge on any atom is -0.493 e. The molecule has 1 N–H and O–H groups in total. The fourth-order valence-electron chi connectivity index (χ4n) is 1.76. The van der Waals surface area contributed by atoms with Crippen molar-refractivity contribution in [2.24, 2.45) is 0 Å². The van der Waals surface area contributed by atoms with Crippen molar-refractivity contribution < 1.29 is 4.74 Å². The molecule has 0 saturated carbocycles. The van der Waals surface area contributed by atoms with Crippen molar-refractivity contribution in [1.82, 2.24) is 9.97 Å². The molecule has 0 bridgehead atoms. The summed E-state index contributed by atoms with van der Waals surface area (Å²) in [6.07, 6.45) is 1.72. The van der Waals surface area contributed by atoms with E-state index in [1.54, 1.807) is 6.33 Å². The van der Waals surface area contributed by atoms with Gasteiger partial charge in [-0.2, -0.15) is 0 Å². The van der Waals surface area contributed by atoms with Crippen LogP contribution in [-0.2, 0) is 0 Å². The van der Waals surface area contributed by atoms with Gasteiger partial charge in [-0.1, -0.05) is 0 Å². The summed E-state index contributed by atoms with van der Waals surface area (Å²) in [6, 6.07) is 2.07. The van der Waals surface area contributed by atoms with E-state index in [0.29, 0.717) is 6.61 Å². The van der Waals surface area contributed by atoms with Crippen molar-refractivity contribution in [3.63, 3.8) is 0 Å². The molecule has 0 unspecified atom stereocenters. The Bertz CT molecular complexity index is 460. The molecule has 2 rings (SSSR count). The summed E-state index contributed by atoms with van der Waals surface area (Å²) in [4.78, 5) is 7.37. The van der Waals surface area contributed by atoms with E-state index >= 15 is 0 Å². The second-order valence-corrected chi connectivity index (χ2v) is 3.38. The molecule has 0 atom stereocenters. The van der Waals surface area contributed by atoms with E-state index in [4.69, 9.17) is 4.74 Å². The molecule has 3 heteroatoms. The van der Waals surface area contributed by atoms with Crippen LogP contribution in [0, 0.1) is 13.8 Å². The zero-order valence-corrected chi connectivity index (χ0v) is 8.72. The highest BCUT2D eigenvalue weighted by Crippen LogP contribution is 2.29. The highest BCUT2D eigenvalue weighted by Gasteiger charge is 2.09. The molecule has 0 aliphatic rings. The Labute approximate surface area is 83.1 Å². The Morgan fingerprint density at radius 3 is 2.93 bits per heavy atom. The van der Waals surface area contributed by atoms with Crippen molar-refractivity contribution in [3.8, 4) is 5.75 Å². The van der Waals surface area contributed by atoms with Gasteiger partial charge in [0, 0.05) is 5.56 Å². The van der Waals surface area contributed by atoms with Crippen molar-refractivity contribution in [2.45, 2.75) is 20.8 Å². The Morgan fingerprint density at radius 2 is 2.21 bits per heavy atom. The molecule has 1 aromatic heterocycles. The quantitative estimate of drug-likeness (QED) is 0.790. The van der Waals surface area contributed by atoms with E-state index in [1.807, 2.05) is 13.8 Å². The number of nitrogens with zero attached hydrogens (tertiary/aromatic N) is 1. The fraction of sp³-hybridized carbons (Fsp3) is 0.364. The number of aromatic nitrogens is 2. The van der Waals surface area contributed by atoms with Crippen LogP contribution in [0.4, 0.5) is 0 Å². The molecule has 0 amide bonds. The molecule has 1 aromatic carbocycles. The van der Waals surface area contributed by atoms with Crippen LogP contribution in [0.5, 0.6) is 5.75 Å². The third kappa shape index (κ3) is 1.25. The number of rotatable bonds is 2. The normalized spacial score (nSPS) is 10.8. The van der Waals surface area contributed by atoms with Crippen molar-refractivity contribution >= 4 is 11.0 Å². The van der Waals surface area contributed by atoms with Crippen LogP contribution in [0.25, 0.3) is 11.0 Å². The van der Waals surface area contributed by atoms with E-state index < -0.39 is 0 Å². The van der Waals surface area contributed by atoms with Crippen LogP contribution in [0.2, 0.25) is 0 Å². The molecule has 0 aliphatic heterocycles. The second kappa shape index (κ2) is 3.33. The summed E-state index contributed by atoms with van der Waals surface area (Å²) in [7, 11) is 0. The first-order valence-electron chi connectivity index (χ1n) is 4.80. The topological polar surface area (TPSA) is 37.9 Å². The van der Waals surface area contributed by atoms with Gasteiger partial charge in [0.1, 0.15) is 5.75 Å². The van der Waals surface area contributed by atoms with Gasteiger partial charge in [-0.25, -0.2) is 4.98 Å². The maximum atomic E-state index is 5.59. The standard InChI is InChI=1S/C11H14N2O/c1-4-14-11-7(2)5-9-10(8(11)3)13-6-12-9/h5-6H,4H2,1-3H3,(H,12,13). The maximum absolute atomic E-state index is 5.59. The van der Waals surface area contributed by atoms with Crippen LogP contribution < -0.4 is 4.74 Å². The molecule has 3 nitrogen and oxygen atoms in total. The van der Waals surface area contributed by atoms with Gasteiger partial charge in [0.25, 0.3) is 0 Å². The van der Waals surface area contributed by atoms with Crippen LogP contribution in [0.15, 0.2) is 12.4 Å². The number of benzene rings is 1. The Hall–Kier alpha value is -1.51. The highest BCUT2D eigenvalue weighted by atomic mass is 16.5. The first-order chi connectivity index (χ1) is 6.74. The molecule has 0 aliphatic carbocycles. The molecule has 2 aromatic rings. The number of imidazole rings is 1. The van der Waals surface area contributed by atoms with E-state index in [-0.39, 0.29) is 0 Å². The predicted octanol–water partition coefficient (Wildman–Crippen LogP) is 2.58. The van der Waals surface area contributed by atoms with E-state index in [9.17, 15) is 0 Å². The van der Waals surface area contributed by atoms with Gasteiger partial charge in [0.05, 0.1) is 24.0 Å². The molecule has 1 heterocycles. The van der Waals surface area contributed by atoms with Crippen LogP contribution in [0.3, 0.4) is 0 Å². The van der Waals surface area contributed by atoms with Gasteiger partial charge in [-0.15, -0.1) is 0 Å². The molecule has 74 valence electrons. The first kappa shape index (κ1) is 9.06. The average molecular weight is 190 g/mol. The van der Waals surface area contributed by atoms with E-state index in [0.717, 1.165) is 27.9 Å². The van der Waals surface area contributed by atoms with Gasteiger partial charge < -0.3 is 9.72 Å². The summed E-state index contributed by atoms with van der Waals surface area (Å²) in [6.45, 7) is 6.78. The zero-order valence-electron chi connectivity index (χ0n) is 8.72. The highest BCUT2D eigenvalue weighted by molar-refractivity contribution is 5.82. The number of nitrogens with one attached hydrogen (secondary N) is 1. The minimum absolute atomic E-state index is 0.692. The first-order valence-corrected chi connectivity index (χ1v) is 4.80. The molecule has 0 spiro atoms. The van der Waals surface area contributed by atoms with Gasteiger partial charge in [0.2, 0.25) is 0 Å². The molecular formula is C11H14N2O. The molecule has 0 radical (unpaired) electrons. The lowest BCUT2D eigenvalue weighted by molar-refractivity contribution is 0.336. The number of hydrogen-bond acceptors (Lipinski definition) is 2. The lowest BCUT2D eigenvalue weighted by Gasteiger charge is -2.10. The number of aromatic amines is 1. The third-order valence-corrected chi connectivity index (χ3v) is 2.37.